The second-order valence-electron chi connectivity index (χ2n) is 5.44. The number of aryl methyl sites for hydroxylation is 1. The van der Waals surface area contributed by atoms with E-state index in [9.17, 15) is 4.79 Å². The Morgan fingerprint density at radius 3 is 2.83 bits per heavy atom. The summed E-state index contributed by atoms with van der Waals surface area (Å²) >= 11 is 6.73. The molecule has 1 aromatic heterocycles. The molecular formula is C18H17BrN2OS2. The van der Waals surface area contributed by atoms with Gasteiger partial charge < -0.3 is 5.32 Å². The van der Waals surface area contributed by atoms with E-state index in [1.807, 2.05) is 18.2 Å². The monoisotopic (exact) mass is 420 g/mol. The van der Waals surface area contributed by atoms with Gasteiger partial charge in [0.15, 0.2) is 5.13 Å². The number of anilines is 1. The number of benzene rings is 2. The van der Waals surface area contributed by atoms with Crippen LogP contribution in [0.15, 0.2) is 51.8 Å². The van der Waals surface area contributed by atoms with Crippen molar-refractivity contribution in [3.63, 3.8) is 0 Å². The number of carbonyl (C=O) groups is 1. The smallest absolute Gasteiger partial charge is 0.226 e. The number of thioether (sulfide) groups is 1. The van der Waals surface area contributed by atoms with Crippen LogP contribution in [0.3, 0.4) is 0 Å². The predicted molar refractivity (Wildman–Crippen MR) is 107 cm³/mol. The van der Waals surface area contributed by atoms with E-state index in [1.165, 1.54) is 21.8 Å². The second-order valence-corrected chi connectivity index (χ2v) is 8.56. The molecule has 2 aromatic carbocycles. The zero-order chi connectivity index (χ0) is 16.9. The lowest BCUT2D eigenvalue weighted by atomic mass is 10.2. The maximum absolute atomic E-state index is 12.0. The highest BCUT2D eigenvalue weighted by molar-refractivity contribution is 9.10. The molecular weight excluding hydrogens is 404 g/mol. The molecule has 0 bridgehead atoms. The number of amides is 1. The van der Waals surface area contributed by atoms with Crippen LogP contribution in [0, 0.1) is 6.92 Å². The van der Waals surface area contributed by atoms with Gasteiger partial charge in [0.05, 0.1) is 10.2 Å². The second kappa shape index (κ2) is 8.14. The van der Waals surface area contributed by atoms with Crippen LogP contribution in [0.2, 0.25) is 0 Å². The van der Waals surface area contributed by atoms with E-state index in [0.717, 1.165) is 26.9 Å². The highest BCUT2D eigenvalue weighted by Gasteiger charge is 2.08. The van der Waals surface area contributed by atoms with Crippen molar-refractivity contribution in [2.75, 3.05) is 11.1 Å². The van der Waals surface area contributed by atoms with Crippen molar-refractivity contribution in [3.05, 3.63) is 52.5 Å². The Morgan fingerprint density at radius 2 is 2.04 bits per heavy atom. The van der Waals surface area contributed by atoms with Gasteiger partial charge in [0.2, 0.25) is 5.91 Å². The number of thiazole rings is 1. The van der Waals surface area contributed by atoms with Crippen LogP contribution in [0.4, 0.5) is 5.13 Å². The van der Waals surface area contributed by atoms with Crippen LogP contribution in [-0.2, 0) is 4.79 Å². The first-order valence-corrected chi connectivity index (χ1v) is 10.2. The number of hydrogen-bond acceptors (Lipinski definition) is 4. The summed E-state index contributed by atoms with van der Waals surface area (Å²) in [5, 5.41) is 3.57. The molecule has 24 heavy (non-hydrogen) atoms. The van der Waals surface area contributed by atoms with E-state index in [2.05, 4.69) is 57.4 Å². The summed E-state index contributed by atoms with van der Waals surface area (Å²) in [6, 6.07) is 14.4. The minimum absolute atomic E-state index is 0.0256. The van der Waals surface area contributed by atoms with Crippen LogP contribution < -0.4 is 5.32 Å². The van der Waals surface area contributed by atoms with Crippen molar-refractivity contribution >= 4 is 60.3 Å². The SMILES string of the molecule is Cc1ccc(SCCCC(=O)Nc2nc3ccc(Br)cc3s2)cc1. The molecule has 0 aliphatic rings. The van der Waals surface area contributed by atoms with Crippen molar-refractivity contribution in [2.24, 2.45) is 0 Å². The Balaban J connectivity index is 1.45. The van der Waals surface area contributed by atoms with Gasteiger partial charge >= 0.3 is 0 Å². The number of aromatic nitrogens is 1. The molecule has 1 heterocycles. The van der Waals surface area contributed by atoms with E-state index in [-0.39, 0.29) is 5.91 Å². The summed E-state index contributed by atoms with van der Waals surface area (Å²) in [5.41, 5.74) is 2.18. The molecule has 0 aliphatic carbocycles. The zero-order valence-corrected chi connectivity index (χ0v) is 16.4. The molecule has 1 N–H and O–H groups in total. The van der Waals surface area contributed by atoms with Gasteiger partial charge in [-0.2, -0.15) is 0 Å². The summed E-state index contributed by atoms with van der Waals surface area (Å²) in [5.74, 6) is 0.959. The number of halogens is 1. The molecule has 0 unspecified atom stereocenters. The molecule has 1 amide bonds. The van der Waals surface area contributed by atoms with E-state index in [1.54, 1.807) is 11.8 Å². The Hall–Kier alpha value is -1.37. The Bertz CT molecular complexity index is 846. The van der Waals surface area contributed by atoms with Crippen molar-refractivity contribution in [3.8, 4) is 0 Å². The molecule has 6 heteroatoms. The van der Waals surface area contributed by atoms with Gasteiger partial charge in [-0.3, -0.25) is 4.79 Å². The van der Waals surface area contributed by atoms with Crippen molar-refractivity contribution in [1.29, 1.82) is 0 Å². The van der Waals surface area contributed by atoms with Crippen LogP contribution in [0.1, 0.15) is 18.4 Å². The Kier molecular flexibility index (Phi) is 5.92. The fourth-order valence-corrected chi connectivity index (χ4v) is 4.48. The maximum Gasteiger partial charge on any atom is 0.226 e. The average Bonchev–Trinajstić information content (AvgIpc) is 2.94. The van der Waals surface area contributed by atoms with Gasteiger partial charge in [0.1, 0.15) is 0 Å². The number of nitrogens with zero attached hydrogens (tertiary/aromatic N) is 1. The van der Waals surface area contributed by atoms with Gasteiger partial charge in [0, 0.05) is 15.8 Å². The first-order valence-electron chi connectivity index (χ1n) is 7.65. The third-order valence-corrected chi connectivity index (χ3v) is 5.96. The standard InChI is InChI=1S/C18H17BrN2OS2/c1-12-4-7-14(8-5-12)23-10-2-3-17(22)21-18-20-15-9-6-13(19)11-16(15)24-18/h4-9,11H,2-3,10H2,1H3,(H,20,21,22). The van der Waals surface area contributed by atoms with Crippen LogP contribution in [0.25, 0.3) is 10.2 Å². The number of carbonyl (C=O) groups excluding carboxylic acids is 1. The molecule has 0 atom stereocenters. The summed E-state index contributed by atoms with van der Waals surface area (Å²) in [7, 11) is 0. The Morgan fingerprint density at radius 1 is 1.25 bits per heavy atom. The van der Waals surface area contributed by atoms with Gasteiger partial charge in [-0.1, -0.05) is 45.0 Å². The van der Waals surface area contributed by atoms with Crippen molar-refractivity contribution in [1.82, 2.24) is 4.98 Å². The lowest BCUT2D eigenvalue weighted by Gasteiger charge is -2.03. The quantitative estimate of drug-likeness (QED) is 0.399. The number of fused-ring (bicyclic) bond motifs is 1. The van der Waals surface area contributed by atoms with Gasteiger partial charge in [-0.05, 0) is 49.4 Å². The number of hydrogen-bond donors (Lipinski definition) is 1. The molecule has 3 rings (SSSR count). The van der Waals surface area contributed by atoms with E-state index in [0.29, 0.717) is 11.6 Å². The highest BCUT2D eigenvalue weighted by Crippen LogP contribution is 2.28. The lowest BCUT2D eigenvalue weighted by Crippen LogP contribution is -2.11. The summed E-state index contributed by atoms with van der Waals surface area (Å²) < 4.78 is 2.08. The Labute approximate surface area is 158 Å². The summed E-state index contributed by atoms with van der Waals surface area (Å²) in [6.07, 6.45) is 1.36. The third-order valence-electron chi connectivity index (χ3n) is 3.43. The van der Waals surface area contributed by atoms with E-state index >= 15 is 0 Å². The fraction of sp³-hybridized carbons (Fsp3) is 0.222. The van der Waals surface area contributed by atoms with Crippen LogP contribution >= 0.6 is 39.0 Å². The van der Waals surface area contributed by atoms with Gasteiger partial charge in [-0.25, -0.2) is 4.98 Å². The maximum atomic E-state index is 12.0. The molecule has 3 aromatic rings. The molecule has 0 aliphatic heterocycles. The topological polar surface area (TPSA) is 42.0 Å². The van der Waals surface area contributed by atoms with Crippen LogP contribution in [-0.4, -0.2) is 16.6 Å². The molecule has 0 saturated carbocycles. The first-order chi connectivity index (χ1) is 11.6. The minimum Gasteiger partial charge on any atom is -0.302 e. The molecule has 124 valence electrons. The predicted octanol–water partition coefficient (Wildman–Crippen LogP) is 5.88. The average molecular weight is 421 g/mol. The molecule has 0 fully saturated rings. The number of nitrogens with one attached hydrogen (secondary N) is 1. The molecule has 3 nitrogen and oxygen atoms in total. The van der Waals surface area contributed by atoms with Gasteiger partial charge in [-0.15, -0.1) is 11.8 Å². The molecule has 0 saturated heterocycles. The largest absolute Gasteiger partial charge is 0.302 e. The van der Waals surface area contributed by atoms with Crippen LogP contribution in [0.5, 0.6) is 0 Å². The molecule has 0 radical (unpaired) electrons. The third kappa shape index (κ3) is 4.82. The normalized spacial score (nSPS) is 10.9. The van der Waals surface area contributed by atoms with E-state index in [4.69, 9.17) is 0 Å². The summed E-state index contributed by atoms with van der Waals surface area (Å²) in [4.78, 5) is 17.7. The van der Waals surface area contributed by atoms with E-state index < -0.39 is 0 Å². The molecule has 0 spiro atoms. The lowest BCUT2D eigenvalue weighted by molar-refractivity contribution is -0.116. The first kappa shape index (κ1) is 17.5. The van der Waals surface area contributed by atoms with Gasteiger partial charge in [0.25, 0.3) is 0 Å². The summed E-state index contributed by atoms with van der Waals surface area (Å²) in [6.45, 7) is 2.08. The van der Waals surface area contributed by atoms with Crippen molar-refractivity contribution in [2.45, 2.75) is 24.7 Å². The minimum atomic E-state index is 0.0256. The fourth-order valence-electron chi connectivity index (χ4n) is 2.19. The zero-order valence-electron chi connectivity index (χ0n) is 13.2. The van der Waals surface area contributed by atoms with Crippen molar-refractivity contribution < 1.29 is 4.79 Å². The highest BCUT2D eigenvalue weighted by atomic mass is 79.9. The number of rotatable bonds is 6.